The molecule has 1 fully saturated rings. The molecule has 0 unspecified atom stereocenters. The monoisotopic (exact) mass is 321 g/mol. The molecule has 21 heavy (non-hydrogen) atoms. The summed E-state index contributed by atoms with van der Waals surface area (Å²) < 4.78 is 13.7. The molecule has 1 N–H and O–H groups in total. The van der Waals surface area contributed by atoms with Crippen LogP contribution in [0.15, 0.2) is 47.4 Å². The smallest absolute Gasteiger partial charge is 0.124 e. The van der Waals surface area contributed by atoms with Crippen LogP contribution in [0.25, 0.3) is 0 Å². The Morgan fingerprint density at radius 1 is 1.10 bits per heavy atom. The second-order valence-corrected chi connectivity index (χ2v) is 6.85. The number of benzene rings is 2. The molecule has 2 aromatic carbocycles. The Morgan fingerprint density at radius 3 is 2.57 bits per heavy atom. The van der Waals surface area contributed by atoms with Gasteiger partial charge in [0.2, 0.25) is 0 Å². The molecule has 2 aromatic rings. The third-order valence-corrected chi connectivity index (χ3v) is 4.72. The highest BCUT2D eigenvalue weighted by molar-refractivity contribution is 7.98. The Labute approximate surface area is 133 Å². The van der Waals surface area contributed by atoms with Crippen molar-refractivity contribution < 1.29 is 4.39 Å². The normalized spacial score (nSPS) is 14.4. The maximum absolute atomic E-state index is 13.7. The molecule has 0 aromatic heterocycles. The molecule has 0 aliphatic heterocycles. The van der Waals surface area contributed by atoms with Crippen molar-refractivity contribution in [2.75, 3.05) is 0 Å². The van der Waals surface area contributed by atoms with Gasteiger partial charge in [-0.15, -0.1) is 11.8 Å². The van der Waals surface area contributed by atoms with Crippen molar-refractivity contribution in [2.24, 2.45) is 0 Å². The quantitative estimate of drug-likeness (QED) is 0.749. The minimum atomic E-state index is -0.163. The molecule has 110 valence electrons. The van der Waals surface area contributed by atoms with Crippen LogP contribution in [-0.4, -0.2) is 6.04 Å². The van der Waals surface area contributed by atoms with Gasteiger partial charge in [0, 0.05) is 28.3 Å². The maximum atomic E-state index is 13.7. The molecule has 1 aliphatic rings. The van der Waals surface area contributed by atoms with Crippen LogP contribution in [0.2, 0.25) is 5.02 Å². The van der Waals surface area contributed by atoms with Crippen LogP contribution in [0.5, 0.6) is 0 Å². The van der Waals surface area contributed by atoms with Crippen LogP contribution < -0.4 is 5.32 Å². The summed E-state index contributed by atoms with van der Waals surface area (Å²) in [6, 6.07) is 13.7. The number of hydrogen-bond donors (Lipinski definition) is 1. The zero-order valence-corrected chi connectivity index (χ0v) is 13.2. The molecule has 3 rings (SSSR count). The summed E-state index contributed by atoms with van der Waals surface area (Å²) in [5, 5.41) is 4.16. The van der Waals surface area contributed by atoms with E-state index >= 15 is 0 Å². The molecule has 0 heterocycles. The van der Waals surface area contributed by atoms with E-state index in [1.807, 2.05) is 24.3 Å². The summed E-state index contributed by atoms with van der Waals surface area (Å²) in [5.74, 6) is 0.652. The van der Waals surface area contributed by atoms with E-state index in [4.69, 9.17) is 11.6 Å². The molecule has 1 saturated carbocycles. The Bertz CT molecular complexity index is 611. The molecule has 1 aliphatic carbocycles. The van der Waals surface area contributed by atoms with Crippen LogP contribution in [-0.2, 0) is 12.3 Å². The lowest BCUT2D eigenvalue weighted by Crippen LogP contribution is -2.15. The number of rotatable bonds is 6. The van der Waals surface area contributed by atoms with Gasteiger partial charge in [-0.2, -0.15) is 0 Å². The topological polar surface area (TPSA) is 12.0 Å². The first-order valence-corrected chi connectivity index (χ1v) is 8.45. The summed E-state index contributed by atoms with van der Waals surface area (Å²) >= 11 is 7.52. The van der Waals surface area contributed by atoms with Crippen molar-refractivity contribution in [1.29, 1.82) is 0 Å². The van der Waals surface area contributed by atoms with Crippen LogP contribution in [0.4, 0.5) is 4.39 Å². The highest BCUT2D eigenvalue weighted by Gasteiger charge is 2.20. The highest BCUT2D eigenvalue weighted by atomic mass is 35.5. The lowest BCUT2D eigenvalue weighted by Gasteiger charge is -2.07. The average molecular weight is 322 g/mol. The van der Waals surface area contributed by atoms with E-state index in [9.17, 15) is 4.39 Å². The van der Waals surface area contributed by atoms with Crippen LogP contribution >= 0.6 is 23.4 Å². The molecule has 0 atom stereocenters. The summed E-state index contributed by atoms with van der Waals surface area (Å²) in [5.41, 5.74) is 2.20. The Balaban J connectivity index is 1.62. The van der Waals surface area contributed by atoms with Gasteiger partial charge in [-0.25, -0.2) is 4.39 Å². The molecule has 4 heteroatoms. The first-order chi connectivity index (χ1) is 10.2. The summed E-state index contributed by atoms with van der Waals surface area (Å²) in [6.45, 7) is 0.747. The van der Waals surface area contributed by atoms with Crippen molar-refractivity contribution in [3.05, 3.63) is 64.4 Å². The van der Waals surface area contributed by atoms with Crippen molar-refractivity contribution >= 4 is 23.4 Å². The standard InChI is InChI=1S/C17H17ClFNS/c18-14-3-1-12(2-4-14)11-21-17-8-13(7-15(19)9-17)10-20-16-5-6-16/h1-4,7-9,16,20H,5-6,10-11H2. The van der Waals surface area contributed by atoms with E-state index in [-0.39, 0.29) is 5.82 Å². The van der Waals surface area contributed by atoms with Crippen LogP contribution in [0.3, 0.4) is 0 Å². The second kappa shape index (κ2) is 6.82. The minimum Gasteiger partial charge on any atom is -0.310 e. The van der Waals surface area contributed by atoms with Crippen LogP contribution in [0, 0.1) is 5.82 Å². The molecule has 1 nitrogen and oxygen atoms in total. The number of thioether (sulfide) groups is 1. The number of nitrogens with one attached hydrogen (secondary N) is 1. The lowest BCUT2D eigenvalue weighted by molar-refractivity contribution is 0.615. The second-order valence-electron chi connectivity index (χ2n) is 5.37. The van der Waals surface area contributed by atoms with E-state index in [0.717, 1.165) is 27.8 Å². The fourth-order valence-corrected chi connectivity index (χ4v) is 3.19. The minimum absolute atomic E-state index is 0.163. The van der Waals surface area contributed by atoms with E-state index in [2.05, 4.69) is 11.4 Å². The predicted octanol–water partition coefficient (Wildman–Crippen LogP) is 5.02. The van der Waals surface area contributed by atoms with Crippen LogP contribution in [0.1, 0.15) is 24.0 Å². The third kappa shape index (κ3) is 4.73. The SMILES string of the molecule is Fc1cc(CNC2CC2)cc(SCc2ccc(Cl)cc2)c1. The van der Waals surface area contributed by atoms with Gasteiger partial charge in [0.25, 0.3) is 0 Å². The van der Waals surface area contributed by atoms with Gasteiger partial charge in [-0.3, -0.25) is 0 Å². The Kier molecular flexibility index (Phi) is 4.84. The summed E-state index contributed by atoms with van der Waals surface area (Å²) in [6.07, 6.45) is 2.49. The lowest BCUT2D eigenvalue weighted by atomic mass is 10.2. The van der Waals surface area contributed by atoms with Gasteiger partial charge in [-0.05, 0) is 54.3 Å². The van der Waals surface area contributed by atoms with E-state index < -0.39 is 0 Å². The fraction of sp³-hybridized carbons (Fsp3) is 0.294. The summed E-state index contributed by atoms with van der Waals surface area (Å²) in [7, 11) is 0. The Hall–Kier alpha value is -1.03. The fourth-order valence-electron chi connectivity index (χ4n) is 2.10. The molecular formula is C17H17ClFNS. The largest absolute Gasteiger partial charge is 0.310 e. The van der Waals surface area contributed by atoms with Gasteiger partial charge in [0.05, 0.1) is 0 Å². The van der Waals surface area contributed by atoms with Crippen molar-refractivity contribution in [3.63, 3.8) is 0 Å². The first-order valence-electron chi connectivity index (χ1n) is 7.09. The molecule has 0 radical (unpaired) electrons. The highest BCUT2D eigenvalue weighted by Crippen LogP contribution is 2.26. The Morgan fingerprint density at radius 2 is 1.86 bits per heavy atom. The molecular weight excluding hydrogens is 305 g/mol. The van der Waals surface area contributed by atoms with Crippen molar-refractivity contribution in [2.45, 2.75) is 36.1 Å². The van der Waals surface area contributed by atoms with Crippen molar-refractivity contribution in [3.8, 4) is 0 Å². The zero-order chi connectivity index (χ0) is 14.7. The molecule has 0 amide bonds. The van der Waals surface area contributed by atoms with Gasteiger partial charge in [0.15, 0.2) is 0 Å². The van der Waals surface area contributed by atoms with E-state index in [1.54, 1.807) is 23.9 Å². The third-order valence-electron chi connectivity index (χ3n) is 3.42. The predicted molar refractivity (Wildman–Crippen MR) is 87.3 cm³/mol. The van der Waals surface area contributed by atoms with Gasteiger partial charge in [0.1, 0.15) is 5.82 Å². The van der Waals surface area contributed by atoms with Gasteiger partial charge in [-0.1, -0.05) is 23.7 Å². The number of halogens is 2. The zero-order valence-electron chi connectivity index (χ0n) is 11.6. The molecule has 0 bridgehead atoms. The van der Waals surface area contributed by atoms with Gasteiger partial charge < -0.3 is 5.32 Å². The maximum Gasteiger partial charge on any atom is 0.124 e. The number of hydrogen-bond acceptors (Lipinski definition) is 2. The van der Waals surface area contributed by atoms with Crippen molar-refractivity contribution in [1.82, 2.24) is 5.32 Å². The van der Waals surface area contributed by atoms with E-state index in [1.165, 1.54) is 18.4 Å². The van der Waals surface area contributed by atoms with E-state index in [0.29, 0.717) is 6.04 Å². The molecule has 0 spiro atoms. The first kappa shape index (κ1) is 14.9. The average Bonchev–Trinajstić information content (AvgIpc) is 3.28. The summed E-state index contributed by atoms with van der Waals surface area (Å²) in [4.78, 5) is 0.970. The molecule has 0 saturated heterocycles. The van der Waals surface area contributed by atoms with Gasteiger partial charge >= 0.3 is 0 Å².